The standard InChI is InChI=1S/C17H39NO4Si2/c1-6-19-23(5)16-12-10-14-18(23)15-11-13-17-24(20-7-2,21-8-3)22-9-4/h6-17H2,1-5H3. The van der Waals surface area contributed by atoms with Crippen molar-refractivity contribution >= 4 is 17.3 Å². The summed E-state index contributed by atoms with van der Waals surface area (Å²) in [4.78, 5) is 0. The first-order chi connectivity index (χ1) is 11.6. The summed E-state index contributed by atoms with van der Waals surface area (Å²) in [6.07, 6.45) is 4.90. The van der Waals surface area contributed by atoms with Crippen LogP contribution >= 0.6 is 0 Å². The summed E-state index contributed by atoms with van der Waals surface area (Å²) in [5.74, 6) is 0. The third-order valence-corrected chi connectivity index (χ3v) is 11.8. The van der Waals surface area contributed by atoms with Crippen molar-refractivity contribution in [3.8, 4) is 0 Å². The molecule has 1 rings (SSSR count). The zero-order valence-electron chi connectivity index (χ0n) is 16.6. The van der Waals surface area contributed by atoms with E-state index in [0.717, 1.165) is 32.0 Å². The Labute approximate surface area is 151 Å². The molecule has 1 unspecified atom stereocenters. The lowest BCUT2D eigenvalue weighted by atomic mass is 10.3. The zero-order valence-corrected chi connectivity index (χ0v) is 18.6. The van der Waals surface area contributed by atoms with E-state index in [0.29, 0.717) is 19.8 Å². The third-order valence-electron chi connectivity index (χ3n) is 4.70. The molecule has 1 aliphatic heterocycles. The Kier molecular flexibility index (Phi) is 10.9. The molecular weight excluding hydrogens is 338 g/mol. The van der Waals surface area contributed by atoms with Crippen LogP contribution in [-0.2, 0) is 17.7 Å². The molecule has 5 nitrogen and oxygen atoms in total. The molecule has 0 aromatic heterocycles. The van der Waals surface area contributed by atoms with Crippen LogP contribution in [0.4, 0.5) is 0 Å². The molecule has 7 heteroatoms. The molecule has 0 radical (unpaired) electrons. The van der Waals surface area contributed by atoms with E-state index in [4.69, 9.17) is 17.7 Å². The Morgan fingerprint density at radius 3 is 2.04 bits per heavy atom. The molecule has 1 atom stereocenters. The van der Waals surface area contributed by atoms with E-state index in [1.807, 2.05) is 20.8 Å². The summed E-state index contributed by atoms with van der Waals surface area (Å²) >= 11 is 0. The molecule has 1 saturated heterocycles. The Balaban J connectivity index is 2.48. The molecule has 0 aromatic carbocycles. The second-order valence-corrected chi connectivity index (χ2v) is 13.0. The van der Waals surface area contributed by atoms with Crippen LogP contribution in [0.25, 0.3) is 0 Å². The predicted molar refractivity (Wildman–Crippen MR) is 104 cm³/mol. The predicted octanol–water partition coefficient (Wildman–Crippen LogP) is 4.02. The fraction of sp³-hybridized carbons (Fsp3) is 1.00. The molecule has 1 fully saturated rings. The van der Waals surface area contributed by atoms with Gasteiger partial charge in [0.15, 0.2) is 0 Å². The minimum absolute atomic E-state index is 0.660. The smallest absolute Gasteiger partial charge is 0.403 e. The molecule has 144 valence electrons. The fourth-order valence-corrected chi connectivity index (χ4v) is 9.74. The van der Waals surface area contributed by atoms with Gasteiger partial charge in [0, 0.05) is 32.5 Å². The monoisotopic (exact) mass is 377 g/mol. The maximum atomic E-state index is 6.20. The first-order valence-electron chi connectivity index (χ1n) is 9.86. The summed E-state index contributed by atoms with van der Waals surface area (Å²) in [6, 6.07) is 2.19. The van der Waals surface area contributed by atoms with Crippen LogP contribution in [0.2, 0.25) is 18.6 Å². The molecule has 0 saturated carbocycles. The largest absolute Gasteiger partial charge is 0.500 e. The number of nitrogens with zero attached hydrogens (tertiary/aromatic N) is 1. The van der Waals surface area contributed by atoms with E-state index in [1.54, 1.807) is 0 Å². The number of unbranched alkanes of at least 4 members (excludes halogenated alkanes) is 1. The van der Waals surface area contributed by atoms with Gasteiger partial charge in [0.05, 0.1) is 0 Å². The highest BCUT2D eigenvalue weighted by molar-refractivity contribution is 6.69. The zero-order chi connectivity index (χ0) is 17.9. The number of rotatable bonds is 13. The average molecular weight is 378 g/mol. The highest BCUT2D eigenvalue weighted by Gasteiger charge is 2.41. The van der Waals surface area contributed by atoms with Crippen molar-refractivity contribution in [3.05, 3.63) is 0 Å². The van der Waals surface area contributed by atoms with Gasteiger partial charge in [-0.1, -0.05) is 6.42 Å². The minimum atomic E-state index is -2.47. The van der Waals surface area contributed by atoms with Gasteiger partial charge in [-0.15, -0.1) is 0 Å². The second-order valence-electron chi connectivity index (χ2n) is 6.49. The van der Waals surface area contributed by atoms with Crippen molar-refractivity contribution < 1.29 is 17.7 Å². The Bertz CT molecular complexity index is 315. The first-order valence-corrected chi connectivity index (χ1v) is 14.4. The summed E-state index contributed by atoms with van der Waals surface area (Å²) in [5, 5.41) is 0. The van der Waals surface area contributed by atoms with Gasteiger partial charge in [0.2, 0.25) is 0 Å². The van der Waals surface area contributed by atoms with Crippen LogP contribution < -0.4 is 0 Å². The normalized spacial score (nSPS) is 22.9. The summed E-state index contributed by atoms with van der Waals surface area (Å²) < 4.78 is 26.7. The Hall–Kier alpha value is 0.234. The maximum absolute atomic E-state index is 6.20. The fourth-order valence-electron chi connectivity index (χ4n) is 3.62. The van der Waals surface area contributed by atoms with Gasteiger partial charge < -0.3 is 22.3 Å². The van der Waals surface area contributed by atoms with Gasteiger partial charge in [-0.3, -0.25) is 0 Å². The van der Waals surface area contributed by atoms with Crippen LogP contribution in [0.3, 0.4) is 0 Å². The van der Waals surface area contributed by atoms with E-state index in [1.165, 1.54) is 25.4 Å². The molecule has 0 N–H and O–H groups in total. The molecule has 0 aromatic rings. The Morgan fingerprint density at radius 2 is 1.50 bits per heavy atom. The van der Waals surface area contributed by atoms with Crippen LogP contribution in [0.15, 0.2) is 0 Å². The van der Waals surface area contributed by atoms with Gasteiger partial charge in [-0.25, -0.2) is 0 Å². The van der Waals surface area contributed by atoms with Gasteiger partial charge in [-0.05, 0) is 72.6 Å². The highest BCUT2D eigenvalue weighted by Crippen LogP contribution is 2.27. The van der Waals surface area contributed by atoms with E-state index in [-0.39, 0.29) is 0 Å². The summed E-state index contributed by atoms with van der Waals surface area (Å²) in [5.41, 5.74) is 0. The van der Waals surface area contributed by atoms with E-state index < -0.39 is 17.3 Å². The van der Waals surface area contributed by atoms with Crippen LogP contribution in [0.5, 0.6) is 0 Å². The molecule has 24 heavy (non-hydrogen) atoms. The van der Waals surface area contributed by atoms with Crippen molar-refractivity contribution in [1.29, 1.82) is 0 Å². The van der Waals surface area contributed by atoms with Gasteiger partial charge in [-0.2, -0.15) is 0 Å². The van der Waals surface area contributed by atoms with Crippen LogP contribution in [-0.4, -0.2) is 61.4 Å². The lowest BCUT2D eigenvalue weighted by Gasteiger charge is -2.42. The Morgan fingerprint density at radius 1 is 0.875 bits per heavy atom. The number of hydrogen-bond donors (Lipinski definition) is 0. The summed E-state index contributed by atoms with van der Waals surface area (Å²) in [6.45, 7) is 15.7. The molecule has 1 aliphatic rings. The van der Waals surface area contributed by atoms with Gasteiger partial charge in [0.25, 0.3) is 8.48 Å². The minimum Gasteiger partial charge on any atom is -0.403 e. The lowest BCUT2D eigenvalue weighted by molar-refractivity contribution is 0.0705. The van der Waals surface area contributed by atoms with Gasteiger partial charge >= 0.3 is 8.80 Å². The molecule has 0 bridgehead atoms. The SMILES string of the molecule is CCO[Si](CCCCN1CCCC[Si]1(C)OCC)(OCC)OCC. The van der Waals surface area contributed by atoms with Crippen molar-refractivity contribution in [3.63, 3.8) is 0 Å². The third kappa shape index (κ3) is 6.86. The molecular formula is C17H39NO4Si2. The van der Waals surface area contributed by atoms with E-state index in [2.05, 4.69) is 18.0 Å². The second kappa shape index (κ2) is 11.8. The molecule has 0 spiro atoms. The highest BCUT2D eigenvalue weighted by atomic mass is 28.4. The van der Waals surface area contributed by atoms with Crippen molar-refractivity contribution in [2.24, 2.45) is 0 Å². The summed E-state index contributed by atoms with van der Waals surface area (Å²) in [7, 11) is -4.13. The first kappa shape index (κ1) is 22.3. The van der Waals surface area contributed by atoms with Crippen LogP contribution in [0, 0.1) is 0 Å². The average Bonchev–Trinajstić information content (AvgIpc) is 2.54. The van der Waals surface area contributed by atoms with Crippen LogP contribution in [0.1, 0.15) is 53.4 Å². The van der Waals surface area contributed by atoms with E-state index >= 15 is 0 Å². The van der Waals surface area contributed by atoms with Gasteiger partial charge in [0.1, 0.15) is 0 Å². The quantitative estimate of drug-likeness (QED) is 0.358. The van der Waals surface area contributed by atoms with Crippen molar-refractivity contribution in [2.45, 2.75) is 72.0 Å². The van der Waals surface area contributed by atoms with Crippen molar-refractivity contribution in [1.82, 2.24) is 4.57 Å². The molecule has 0 aliphatic carbocycles. The molecule has 1 heterocycles. The topological polar surface area (TPSA) is 40.2 Å². The maximum Gasteiger partial charge on any atom is 0.500 e. The number of hydrogen-bond acceptors (Lipinski definition) is 5. The van der Waals surface area contributed by atoms with Crippen molar-refractivity contribution in [2.75, 3.05) is 39.5 Å². The van der Waals surface area contributed by atoms with E-state index in [9.17, 15) is 0 Å². The molecule has 0 amide bonds. The lowest BCUT2D eigenvalue weighted by Crippen LogP contribution is -2.56.